The van der Waals surface area contributed by atoms with E-state index in [0.717, 1.165) is 10.6 Å². The van der Waals surface area contributed by atoms with Gasteiger partial charge in [0.25, 0.3) is 0 Å². The van der Waals surface area contributed by atoms with Gasteiger partial charge in [0.15, 0.2) is 0 Å². The average Bonchev–Trinajstić information content (AvgIpc) is 2.58. The molecule has 0 amide bonds. The molecule has 1 aliphatic heterocycles. The van der Waals surface area contributed by atoms with Crippen molar-refractivity contribution in [2.45, 2.75) is 0 Å². The van der Waals surface area contributed by atoms with Gasteiger partial charge in [-0.05, 0) is 37.3 Å². The fourth-order valence-corrected chi connectivity index (χ4v) is 4.37. The largest absolute Gasteiger partial charge is 0.139 e. The van der Waals surface area contributed by atoms with E-state index in [4.69, 9.17) is 0 Å². The van der Waals surface area contributed by atoms with Crippen LogP contribution in [0.5, 0.6) is 0 Å². The Labute approximate surface area is 75.2 Å². The van der Waals surface area contributed by atoms with E-state index in [2.05, 4.69) is 20.8 Å². The Hall–Kier alpha value is -0.200. The van der Waals surface area contributed by atoms with Crippen LogP contribution in [0.1, 0.15) is 5.69 Å². The van der Waals surface area contributed by atoms with E-state index >= 15 is 0 Å². The summed E-state index contributed by atoms with van der Waals surface area (Å²) in [6, 6.07) is 1.86. The van der Waals surface area contributed by atoms with E-state index in [9.17, 15) is 0 Å². The smallest absolute Gasteiger partial charge is 0.104 e. The molecule has 0 fully saturated rings. The summed E-state index contributed by atoms with van der Waals surface area (Å²) in [6.45, 7) is 0. The highest BCUT2D eigenvalue weighted by molar-refractivity contribution is 9.13. The summed E-state index contributed by atoms with van der Waals surface area (Å²) in [5.41, 5.74) is 0.905. The Balaban J connectivity index is 2.29. The Morgan fingerprint density at radius 3 is 3.00 bits per heavy atom. The molecule has 0 spiro atoms. The number of rotatable bonds is 1. The molecule has 0 saturated heterocycles. The monoisotopic (exact) mass is 201 g/mol. The van der Waals surface area contributed by atoms with E-state index < -0.39 is 0 Å². The quantitative estimate of drug-likeness (QED) is 0.649. The highest BCUT2D eigenvalue weighted by atomic mass is 33.5. The minimum atomic E-state index is 0.905. The molecule has 0 saturated carbocycles. The van der Waals surface area contributed by atoms with Gasteiger partial charge in [0, 0.05) is 0 Å². The van der Waals surface area contributed by atoms with E-state index in [0.29, 0.717) is 0 Å². The molecule has 0 aliphatic carbocycles. The Bertz CT molecular complexity index is 274. The fourth-order valence-electron chi connectivity index (χ4n) is 0.615. The normalized spacial score (nSPS) is 16.5. The average molecular weight is 201 g/mol. The first kappa shape index (κ1) is 7.45. The highest BCUT2D eigenvalue weighted by Gasteiger charge is 2.10. The van der Waals surface area contributed by atoms with Crippen LogP contribution in [0.2, 0.25) is 0 Å². The fraction of sp³-hybridized carbons (Fsp3) is 0. The molecule has 3 nitrogen and oxygen atoms in total. The lowest BCUT2D eigenvalue weighted by molar-refractivity contribution is 0.857. The van der Waals surface area contributed by atoms with Crippen LogP contribution in [-0.4, -0.2) is 15.4 Å². The zero-order valence-electron chi connectivity index (χ0n) is 5.30. The van der Waals surface area contributed by atoms with Crippen LogP contribution in [0.3, 0.4) is 0 Å². The predicted molar refractivity (Wildman–Crippen MR) is 50.6 cm³/mol. The van der Waals surface area contributed by atoms with Crippen LogP contribution in [-0.2, 0) is 0 Å². The van der Waals surface area contributed by atoms with Crippen LogP contribution in [0, 0.1) is 0 Å². The third-order valence-electron chi connectivity index (χ3n) is 1.07. The van der Waals surface area contributed by atoms with E-state index in [1.165, 1.54) is 0 Å². The third kappa shape index (κ3) is 1.69. The molecule has 0 unspecified atom stereocenters. The van der Waals surface area contributed by atoms with E-state index in [1.807, 2.05) is 6.07 Å². The maximum absolute atomic E-state index is 3.88. The first-order valence-electron chi connectivity index (χ1n) is 2.82. The summed E-state index contributed by atoms with van der Waals surface area (Å²) in [7, 11) is 5.14. The van der Waals surface area contributed by atoms with Crippen LogP contribution in [0.4, 0.5) is 0 Å². The number of hydrogen-bond donors (Lipinski definition) is 0. The van der Waals surface area contributed by atoms with Crippen LogP contribution < -0.4 is 0 Å². The van der Waals surface area contributed by atoms with Gasteiger partial charge < -0.3 is 0 Å². The van der Waals surface area contributed by atoms with Gasteiger partial charge in [-0.1, -0.05) is 10.8 Å². The van der Waals surface area contributed by atoms with Crippen LogP contribution >= 0.6 is 31.4 Å². The summed E-state index contributed by atoms with van der Waals surface area (Å²) in [4.78, 5) is 1.16. The number of aromatic nitrogens is 3. The van der Waals surface area contributed by atoms with Crippen molar-refractivity contribution in [1.29, 1.82) is 0 Å². The molecule has 2 rings (SSSR count). The molecule has 1 aromatic rings. The Kier molecular flexibility index (Phi) is 2.35. The minimum Gasteiger partial charge on any atom is -0.139 e. The standard InChI is InChI=1S/C5H3N3S3/c1-2-6-8-7-4(1)5-3-9-11-10-5/h1-3H. The third-order valence-corrected chi connectivity index (χ3v) is 4.79. The second-order valence-corrected chi connectivity index (χ2v) is 5.62. The molecule has 56 valence electrons. The summed E-state index contributed by atoms with van der Waals surface area (Å²) >= 11 is 0. The van der Waals surface area contributed by atoms with Crippen molar-refractivity contribution in [2.75, 3.05) is 0 Å². The molecule has 2 heterocycles. The summed E-state index contributed by atoms with van der Waals surface area (Å²) < 4.78 is 0. The Morgan fingerprint density at radius 1 is 1.36 bits per heavy atom. The first-order chi connectivity index (χ1) is 5.47. The van der Waals surface area contributed by atoms with E-state index in [-0.39, 0.29) is 0 Å². The molecular weight excluding hydrogens is 198 g/mol. The van der Waals surface area contributed by atoms with Gasteiger partial charge in [0.1, 0.15) is 5.69 Å². The number of hydrogen-bond acceptors (Lipinski definition) is 6. The molecule has 0 aromatic carbocycles. The zero-order chi connectivity index (χ0) is 7.52. The van der Waals surface area contributed by atoms with Gasteiger partial charge in [-0.3, -0.25) is 0 Å². The SMILES string of the molecule is C1=C(c2ccnnn2)SSS1. The van der Waals surface area contributed by atoms with Gasteiger partial charge in [-0.15, -0.1) is 10.2 Å². The second kappa shape index (κ2) is 3.46. The van der Waals surface area contributed by atoms with Crippen molar-refractivity contribution in [1.82, 2.24) is 15.4 Å². The zero-order valence-corrected chi connectivity index (χ0v) is 7.75. The molecule has 0 bridgehead atoms. The van der Waals surface area contributed by atoms with Crippen molar-refractivity contribution in [3.8, 4) is 0 Å². The van der Waals surface area contributed by atoms with Gasteiger partial charge in [-0.25, -0.2) is 0 Å². The van der Waals surface area contributed by atoms with Gasteiger partial charge >= 0.3 is 0 Å². The van der Waals surface area contributed by atoms with E-state index in [1.54, 1.807) is 37.6 Å². The first-order valence-corrected chi connectivity index (χ1v) is 6.36. The van der Waals surface area contributed by atoms with Crippen molar-refractivity contribution in [3.05, 3.63) is 23.4 Å². The van der Waals surface area contributed by atoms with Crippen molar-refractivity contribution < 1.29 is 0 Å². The second-order valence-electron chi connectivity index (χ2n) is 1.74. The highest BCUT2D eigenvalue weighted by Crippen LogP contribution is 2.52. The maximum Gasteiger partial charge on any atom is 0.104 e. The van der Waals surface area contributed by atoms with Gasteiger partial charge in [-0.2, -0.15) is 0 Å². The summed E-state index contributed by atoms with van der Waals surface area (Å²) in [5.74, 6) is 0. The molecule has 6 heteroatoms. The minimum absolute atomic E-state index is 0.905. The lowest BCUT2D eigenvalue weighted by Crippen LogP contribution is -1.89. The molecule has 0 radical (unpaired) electrons. The lowest BCUT2D eigenvalue weighted by Gasteiger charge is -1.93. The van der Waals surface area contributed by atoms with Crippen molar-refractivity contribution in [3.63, 3.8) is 0 Å². The van der Waals surface area contributed by atoms with Gasteiger partial charge in [0.05, 0.1) is 11.1 Å². The molecule has 1 aliphatic rings. The summed E-state index contributed by atoms with van der Waals surface area (Å²) in [6.07, 6.45) is 1.65. The van der Waals surface area contributed by atoms with Crippen LogP contribution in [0.25, 0.3) is 4.91 Å². The molecule has 1 aromatic heterocycles. The molecule has 0 N–H and O–H groups in total. The van der Waals surface area contributed by atoms with Crippen LogP contribution in [0.15, 0.2) is 17.7 Å². The molecule has 11 heavy (non-hydrogen) atoms. The maximum atomic E-state index is 3.88. The summed E-state index contributed by atoms with van der Waals surface area (Å²) in [5, 5.41) is 13.1. The van der Waals surface area contributed by atoms with Gasteiger partial charge in [0.2, 0.25) is 0 Å². The number of nitrogens with zero attached hydrogens (tertiary/aromatic N) is 3. The Morgan fingerprint density at radius 2 is 2.36 bits per heavy atom. The van der Waals surface area contributed by atoms with Crippen molar-refractivity contribution >= 4 is 36.3 Å². The predicted octanol–water partition coefficient (Wildman–Crippen LogP) is 2.21. The topological polar surface area (TPSA) is 38.7 Å². The van der Waals surface area contributed by atoms with Crippen molar-refractivity contribution in [2.24, 2.45) is 0 Å². The lowest BCUT2D eigenvalue weighted by atomic mass is 10.4. The molecule has 0 atom stereocenters. The molecular formula is C5H3N3S3.